The Balaban J connectivity index is 1.44. The third-order valence-electron chi connectivity index (χ3n) is 8.67. The van der Waals surface area contributed by atoms with E-state index in [1.54, 1.807) is 6.92 Å². The van der Waals surface area contributed by atoms with Gasteiger partial charge >= 0.3 is 0 Å². The van der Waals surface area contributed by atoms with Crippen molar-refractivity contribution in [3.05, 3.63) is 21.6 Å². The van der Waals surface area contributed by atoms with E-state index in [1.807, 2.05) is 0 Å². The van der Waals surface area contributed by atoms with Crippen LogP contribution in [-0.4, -0.2) is 50.2 Å². The third-order valence-corrected chi connectivity index (χ3v) is 8.67. The summed E-state index contributed by atoms with van der Waals surface area (Å²) < 4.78 is 13.5. The lowest BCUT2D eigenvalue weighted by Crippen LogP contribution is -2.61. The van der Waals surface area contributed by atoms with Crippen LogP contribution < -0.4 is 5.56 Å². The molecule has 0 amide bonds. The number of rotatable bonds is 4. The molecule has 9 atom stereocenters. The van der Waals surface area contributed by atoms with Gasteiger partial charge in [-0.2, -0.15) is 5.10 Å². The largest absolute Gasteiger partial charge is 0.505 e. The number of fused-ring (bicyclic) bond motifs is 1. The number of aromatic nitrogens is 2. The number of hydrogen-bond donors (Lipinski definition) is 2. The predicted molar refractivity (Wildman–Crippen MR) is 101 cm³/mol. The van der Waals surface area contributed by atoms with Crippen LogP contribution in [0.1, 0.15) is 63.3 Å². The highest BCUT2D eigenvalue weighted by Gasteiger charge is 2.83. The van der Waals surface area contributed by atoms with Crippen molar-refractivity contribution >= 4 is 0 Å². The summed E-state index contributed by atoms with van der Waals surface area (Å²) in [5, 5.41) is 17.3. The fourth-order valence-corrected chi connectivity index (χ4v) is 7.67. The van der Waals surface area contributed by atoms with Crippen LogP contribution in [0, 0.1) is 24.7 Å². The van der Waals surface area contributed by atoms with E-state index in [0.29, 0.717) is 23.2 Å². The molecule has 1 spiro atoms. The van der Waals surface area contributed by atoms with Crippen molar-refractivity contribution in [1.29, 1.82) is 0 Å². The SMILES string of the molecule is CCCC[C@@]12[C@@H]3C[C@H]4[C@H]5[C@H](C)[C@@H](c6n[nH]c(=O)c(C)c6O)O[C@]5(O3)[C@@H]1CCN42. The van der Waals surface area contributed by atoms with Gasteiger partial charge in [-0.15, -0.1) is 0 Å². The van der Waals surface area contributed by atoms with Crippen molar-refractivity contribution in [1.82, 2.24) is 15.1 Å². The van der Waals surface area contributed by atoms with Gasteiger partial charge in [0.15, 0.2) is 5.79 Å². The van der Waals surface area contributed by atoms with E-state index in [2.05, 4.69) is 28.9 Å². The van der Waals surface area contributed by atoms with Gasteiger partial charge in [0.25, 0.3) is 5.56 Å². The first-order chi connectivity index (χ1) is 13.5. The quantitative estimate of drug-likeness (QED) is 0.824. The van der Waals surface area contributed by atoms with Crippen LogP contribution in [0.3, 0.4) is 0 Å². The summed E-state index contributed by atoms with van der Waals surface area (Å²) in [7, 11) is 0. The molecule has 5 bridgehead atoms. The summed E-state index contributed by atoms with van der Waals surface area (Å²) >= 11 is 0. The molecule has 7 nitrogen and oxygen atoms in total. The molecule has 6 heterocycles. The Morgan fingerprint density at radius 3 is 3.00 bits per heavy atom. The van der Waals surface area contributed by atoms with E-state index in [0.717, 1.165) is 19.4 Å². The van der Waals surface area contributed by atoms with E-state index in [9.17, 15) is 9.90 Å². The number of piperidine rings is 1. The molecule has 28 heavy (non-hydrogen) atoms. The molecular weight excluding hydrogens is 358 g/mol. The number of ether oxygens (including phenoxy) is 2. The maximum Gasteiger partial charge on any atom is 0.270 e. The van der Waals surface area contributed by atoms with Gasteiger partial charge in [0.05, 0.1) is 17.2 Å². The first kappa shape index (κ1) is 17.4. The molecule has 0 aliphatic carbocycles. The van der Waals surface area contributed by atoms with Gasteiger partial charge in [0.2, 0.25) is 0 Å². The lowest BCUT2D eigenvalue weighted by Gasteiger charge is -2.49. The van der Waals surface area contributed by atoms with Gasteiger partial charge in [-0.05, 0) is 38.6 Å². The van der Waals surface area contributed by atoms with E-state index >= 15 is 0 Å². The molecule has 5 aliphatic heterocycles. The molecular formula is C21H29N3O4. The van der Waals surface area contributed by atoms with Crippen molar-refractivity contribution in [2.24, 2.45) is 17.8 Å². The maximum atomic E-state index is 11.8. The van der Waals surface area contributed by atoms with Crippen LogP contribution in [0.4, 0.5) is 0 Å². The van der Waals surface area contributed by atoms with E-state index in [-0.39, 0.29) is 40.9 Å². The number of aromatic amines is 1. The fraction of sp³-hybridized carbons (Fsp3) is 0.810. The molecule has 0 saturated carbocycles. The Kier molecular flexibility index (Phi) is 3.34. The molecule has 0 aromatic carbocycles. The Labute approximate surface area is 164 Å². The third kappa shape index (κ3) is 1.70. The van der Waals surface area contributed by atoms with E-state index in [4.69, 9.17) is 9.47 Å². The number of aromatic hydroxyl groups is 1. The lowest BCUT2D eigenvalue weighted by molar-refractivity contribution is -0.276. The number of nitrogens with one attached hydrogen (secondary N) is 1. The van der Waals surface area contributed by atoms with Gasteiger partial charge < -0.3 is 14.6 Å². The average molecular weight is 387 g/mol. The number of hydrogen-bond acceptors (Lipinski definition) is 6. The molecule has 0 radical (unpaired) electrons. The fourth-order valence-electron chi connectivity index (χ4n) is 7.67. The van der Waals surface area contributed by atoms with Gasteiger partial charge in [-0.3, -0.25) is 9.69 Å². The van der Waals surface area contributed by atoms with Crippen molar-refractivity contribution in [3.63, 3.8) is 0 Å². The van der Waals surface area contributed by atoms with E-state index in [1.165, 1.54) is 19.3 Å². The summed E-state index contributed by atoms with van der Waals surface area (Å²) in [5.74, 6) is 0.241. The van der Waals surface area contributed by atoms with Crippen LogP contribution in [0.15, 0.2) is 4.79 Å². The van der Waals surface area contributed by atoms with Crippen LogP contribution in [0.25, 0.3) is 0 Å². The summed E-state index contributed by atoms with van der Waals surface area (Å²) in [6.45, 7) is 7.22. The summed E-state index contributed by atoms with van der Waals surface area (Å²) in [4.78, 5) is 14.6. The molecule has 5 fully saturated rings. The van der Waals surface area contributed by atoms with Gasteiger partial charge in [-0.25, -0.2) is 5.10 Å². The zero-order chi connectivity index (χ0) is 19.4. The highest BCUT2D eigenvalue weighted by molar-refractivity contribution is 5.37. The first-order valence-electron chi connectivity index (χ1n) is 10.9. The highest BCUT2D eigenvalue weighted by atomic mass is 16.7. The second-order valence-electron chi connectivity index (χ2n) is 9.60. The minimum atomic E-state index is -0.559. The molecule has 6 rings (SSSR count). The van der Waals surface area contributed by atoms with E-state index < -0.39 is 5.79 Å². The first-order valence-corrected chi connectivity index (χ1v) is 10.9. The minimum absolute atomic E-state index is 0.0382. The van der Waals surface area contributed by atoms with Crippen LogP contribution in [-0.2, 0) is 9.47 Å². The summed E-state index contributed by atoms with van der Waals surface area (Å²) in [6.07, 6.45) is 5.73. The second kappa shape index (κ2) is 5.37. The summed E-state index contributed by atoms with van der Waals surface area (Å²) in [6, 6.07) is 0.486. The Bertz CT molecular complexity index is 902. The molecule has 7 heteroatoms. The Morgan fingerprint density at radius 2 is 2.21 bits per heavy atom. The molecule has 152 valence electrons. The smallest absolute Gasteiger partial charge is 0.270 e. The topological polar surface area (TPSA) is 87.7 Å². The standard InChI is InChI=1S/C21H29N3O4/c1-4-5-7-20-13-6-8-24(20)12-9-14(20)27-21(13)15(12)10(2)18(28-21)16-17(25)11(3)19(26)23-22-16/h10,12-15,18H,4-9H2,1-3H3,(H2,23,25,26)/t10-,12-,13+,14-,15+,18-,20-,21+/m0/s1. The van der Waals surface area contributed by atoms with Crippen LogP contribution in [0.2, 0.25) is 0 Å². The molecule has 5 saturated heterocycles. The Hall–Kier alpha value is -1.44. The van der Waals surface area contributed by atoms with Crippen molar-refractivity contribution < 1.29 is 14.6 Å². The zero-order valence-electron chi connectivity index (χ0n) is 16.8. The Morgan fingerprint density at radius 1 is 1.39 bits per heavy atom. The molecule has 1 aromatic heterocycles. The molecule has 1 unspecified atom stereocenters. The number of unbranched alkanes of at least 4 members (excludes halogenated alkanes) is 1. The van der Waals surface area contributed by atoms with Crippen molar-refractivity contribution in [2.75, 3.05) is 6.54 Å². The van der Waals surface area contributed by atoms with Crippen molar-refractivity contribution in [3.8, 4) is 5.75 Å². The minimum Gasteiger partial charge on any atom is -0.505 e. The normalized spacial score (nSPS) is 49.9. The van der Waals surface area contributed by atoms with Gasteiger partial charge in [-0.1, -0.05) is 26.7 Å². The number of nitrogens with zero attached hydrogens (tertiary/aromatic N) is 2. The molecule has 1 aromatic rings. The van der Waals surface area contributed by atoms with Gasteiger partial charge in [0, 0.05) is 17.9 Å². The second-order valence-corrected chi connectivity index (χ2v) is 9.60. The predicted octanol–water partition coefficient (Wildman–Crippen LogP) is 2.24. The monoisotopic (exact) mass is 387 g/mol. The molecule has 2 N–H and O–H groups in total. The van der Waals surface area contributed by atoms with Gasteiger partial charge in [0.1, 0.15) is 17.5 Å². The molecule has 5 aliphatic rings. The van der Waals surface area contributed by atoms with Crippen LogP contribution >= 0.6 is 0 Å². The summed E-state index contributed by atoms with van der Waals surface area (Å²) in [5.41, 5.74) is 0.534. The highest BCUT2D eigenvalue weighted by Crippen LogP contribution is 2.73. The average Bonchev–Trinajstić information content (AvgIpc) is 3.32. The van der Waals surface area contributed by atoms with Crippen molar-refractivity contribution in [2.45, 2.75) is 82.5 Å². The number of H-pyrrole nitrogens is 1. The van der Waals surface area contributed by atoms with Crippen LogP contribution in [0.5, 0.6) is 5.75 Å². The zero-order valence-corrected chi connectivity index (χ0v) is 16.8. The maximum absolute atomic E-state index is 11.8. The lowest BCUT2D eigenvalue weighted by atomic mass is 9.69.